The first kappa shape index (κ1) is 17.9. The molecule has 2 aromatic carbocycles. The summed E-state index contributed by atoms with van der Waals surface area (Å²) >= 11 is 1.64. The van der Waals surface area contributed by atoms with Crippen molar-refractivity contribution in [2.45, 2.75) is 29.2 Å². The molecule has 4 nitrogen and oxygen atoms in total. The molecule has 0 radical (unpaired) electrons. The van der Waals surface area contributed by atoms with Crippen molar-refractivity contribution in [2.24, 2.45) is 0 Å². The maximum absolute atomic E-state index is 13.6. The Balaban J connectivity index is 1.91. The molecule has 1 aliphatic heterocycles. The van der Waals surface area contributed by atoms with Gasteiger partial charge in [0.2, 0.25) is 0 Å². The molecular formula is C18H18FNO3S2. The number of rotatable bonds is 3. The number of halogens is 1. The predicted molar refractivity (Wildman–Crippen MR) is 96.2 cm³/mol. The normalized spacial score (nSPS) is 17.0. The van der Waals surface area contributed by atoms with Crippen molar-refractivity contribution in [1.29, 1.82) is 0 Å². The Hall–Kier alpha value is -1.86. The zero-order valence-electron chi connectivity index (χ0n) is 13.9. The summed E-state index contributed by atoms with van der Waals surface area (Å²) in [6.07, 6.45) is 1.80. The summed E-state index contributed by atoms with van der Waals surface area (Å²) in [5.41, 5.74) is 1.77. The van der Waals surface area contributed by atoms with E-state index in [1.54, 1.807) is 30.8 Å². The minimum absolute atomic E-state index is 0.105. The minimum Gasteiger partial charge on any atom is -0.345 e. The molecule has 2 aromatic rings. The highest BCUT2D eigenvalue weighted by Gasteiger charge is 2.24. The van der Waals surface area contributed by atoms with Crippen LogP contribution in [0.1, 0.15) is 33.9 Å². The standard InChI is InChI=1S/C18H18FNO3S2/c1-11-3-5-13(25(2,22)23)10-14(11)18(21)20-16-7-8-24-17-6-4-12(19)9-15(16)17/h3-6,9-10,16H,7-8H2,1-2H3,(H,20,21)/t16-/m0/s1. The second kappa shape index (κ2) is 6.80. The molecule has 3 rings (SSSR count). The van der Waals surface area contributed by atoms with Gasteiger partial charge in [0, 0.05) is 22.5 Å². The van der Waals surface area contributed by atoms with E-state index in [0.717, 1.165) is 22.5 Å². The SMILES string of the molecule is Cc1ccc(S(C)(=O)=O)cc1C(=O)N[C@H]1CCSc2ccc(F)cc21. The molecule has 1 atom stereocenters. The Kier molecular flexibility index (Phi) is 4.88. The number of sulfone groups is 1. The first-order chi connectivity index (χ1) is 11.8. The topological polar surface area (TPSA) is 63.2 Å². The van der Waals surface area contributed by atoms with Crippen molar-refractivity contribution in [1.82, 2.24) is 5.32 Å². The highest BCUT2D eigenvalue weighted by molar-refractivity contribution is 7.99. The summed E-state index contributed by atoms with van der Waals surface area (Å²) < 4.78 is 37.1. The summed E-state index contributed by atoms with van der Waals surface area (Å²) in [6.45, 7) is 1.76. The van der Waals surface area contributed by atoms with Gasteiger partial charge in [-0.05, 0) is 54.8 Å². The number of nitrogens with one attached hydrogen (secondary N) is 1. The van der Waals surface area contributed by atoms with Gasteiger partial charge in [-0.2, -0.15) is 0 Å². The van der Waals surface area contributed by atoms with E-state index in [2.05, 4.69) is 5.32 Å². The monoisotopic (exact) mass is 379 g/mol. The van der Waals surface area contributed by atoms with E-state index >= 15 is 0 Å². The van der Waals surface area contributed by atoms with Crippen LogP contribution in [0.3, 0.4) is 0 Å². The number of aryl methyl sites for hydroxylation is 1. The van der Waals surface area contributed by atoms with E-state index in [0.29, 0.717) is 17.5 Å². The maximum Gasteiger partial charge on any atom is 0.252 e. The molecule has 132 valence electrons. The smallest absolute Gasteiger partial charge is 0.252 e. The summed E-state index contributed by atoms with van der Waals surface area (Å²) in [5, 5.41) is 2.92. The van der Waals surface area contributed by atoms with Crippen LogP contribution >= 0.6 is 11.8 Å². The molecule has 1 aliphatic rings. The molecular weight excluding hydrogens is 361 g/mol. The third kappa shape index (κ3) is 3.88. The molecule has 7 heteroatoms. The first-order valence-corrected chi connectivity index (χ1v) is 10.7. The molecule has 0 unspecified atom stereocenters. The molecule has 1 amide bonds. The number of hydrogen-bond donors (Lipinski definition) is 1. The number of amides is 1. The first-order valence-electron chi connectivity index (χ1n) is 7.79. The van der Waals surface area contributed by atoms with Crippen LogP contribution in [0, 0.1) is 12.7 Å². The second-order valence-electron chi connectivity index (χ2n) is 6.09. The Morgan fingerprint density at radius 1 is 1.24 bits per heavy atom. The van der Waals surface area contributed by atoms with Crippen molar-refractivity contribution in [2.75, 3.05) is 12.0 Å². The summed E-state index contributed by atoms with van der Waals surface area (Å²) in [5.74, 6) is 0.136. The molecule has 0 fully saturated rings. The Morgan fingerprint density at radius 2 is 2.00 bits per heavy atom. The largest absolute Gasteiger partial charge is 0.345 e. The number of benzene rings is 2. The molecule has 0 spiro atoms. The molecule has 0 saturated carbocycles. The highest BCUT2D eigenvalue weighted by atomic mass is 32.2. The van der Waals surface area contributed by atoms with E-state index in [1.165, 1.54) is 24.3 Å². The lowest BCUT2D eigenvalue weighted by Crippen LogP contribution is -2.31. The van der Waals surface area contributed by atoms with Crippen LogP contribution in [0.4, 0.5) is 4.39 Å². The molecule has 25 heavy (non-hydrogen) atoms. The second-order valence-corrected chi connectivity index (χ2v) is 9.25. The van der Waals surface area contributed by atoms with E-state index in [9.17, 15) is 17.6 Å². The maximum atomic E-state index is 13.6. The predicted octanol–water partition coefficient (Wildman–Crippen LogP) is 3.50. The lowest BCUT2D eigenvalue weighted by Gasteiger charge is -2.26. The van der Waals surface area contributed by atoms with Gasteiger partial charge in [-0.3, -0.25) is 4.79 Å². The van der Waals surface area contributed by atoms with Gasteiger partial charge in [0.05, 0.1) is 10.9 Å². The van der Waals surface area contributed by atoms with Gasteiger partial charge < -0.3 is 5.32 Å². The van der Waals surface area contributed by atoms with Gasteiger partial charge in [-0.15, -0.1) is 11.8 Å². The average Bonchev–Trinajstić information content (AvgIpc) is 2.54. The van der Waals surface area contributed by atoms with E-state index in [1.807, 2.05) is 0 Å². The van der Waals surface area contributed by atoms with E-state index < -0.39 is 9.84 Å². The van der Waals surface area contributed by atoms with Crippen LogP contribution < -0.4 is 5.32 Å². The molecule has 0 saturated heterocycles. The molecule has 1 heterocycles. The van der Waals surface area contributed by atoms with Crippen LogP contribution in [-0.4, -0.2) is 26.3 Å². The highest BCUT2D eigenvalue weighted by Crippen LogP contribution is 2.36. The van der Waals surface area contributed by atoms with E-state index in [-0.39, 0.29) is 22.7 Å². The van der Waals surface area contributed by atoms with Gasteiger partial charge in [-0.1, -0.05) is 6.07 Å². The summed E-state index contributed by atoms with van der Waals surface area (Å²) in [6, 6.07) is 8.80. The lowest BCUT2D eigenvalue weighted by molar-refractivity contribution is 0.0934. The Bertz CT molecular complexity index is 941. The van der Waals surface area contributed by atoms with Gasteiger partial charge in [0.15, 0.2) is 9.84 Å². The quantitative estimate of drug-likeness (QED) is 0.887. The van der Waals surface area contributed by atoms with Gasteiger partial charge in [0.25, 0.3) is 5.91 Å². The van der Waals surface area contributed by atoms with Crippen LogP contribution in [-0.2, 0) is 9.84 Å². The fourth-order valence-corrected chi connectivity index (χ4v) is 4.58. The number of hydrogen-bond acceptors (Lipinski definition) is 4. The number of carbonyl (C=O) groups excluding carboxylic acids is 1. The fraction of sp³-hybridized carbons (Fsp3) is 0.278. The van der Waals surface area contributed by atoms with Gasteiger partial charge in [0.1, 0.15) is 5.82 Å². The zero-order chi connectivity index (χ0) is 18.2. The zero-order valence-corrected chi connectivity index (χ0v) is 15.5. The molecule has 0 aliphatic carbocycles. The van der Waals surface area contributed by atoms with Crippen molar-refractivity contribution < 1.29 is 17.6 Å². The Morgan fingerprint density at radius 3 is 2.72 bits per heavy atom. The number of carbonyl (C=O) groups is 1. The molecule has 1 N–H and O–H groups in total. The summed E-state index contributed by atoms with van der Waals surface area (Å²) in [7, 11) is -3.40. The van der Waals surface area contributed by atoms with Crippen molar-refractivity contribution in [3.63, 3.8) is 0 Å². The van der Waals surface area contributed by atoms with Crippen LogP contribution in [0.15, 0.2) is 46.2 Å². The van der Waals surface area contributed by atoms with Crippen LogP contribution in [0.25, 0.3) is 0 Å². The Labute approximate surface area is 150 Å². The number of fused-ring (bicyclic) bond motifs is 1. The third-order valence-corrected chi connectivity index (χ3v) is 6.43. The third-order valence-electron chi connectivity index (χ3n) is 4.20. The van der Waals surface area contributed by atoms with Crippen molar-refractivity contribution >= 4 is 27.5 Å². The van der Waals surface area contributed by atoms with Gasteiger partial charge >= 0.3 is 0 Å². The molecule has 0 bridgehead atoms. The van der Waals surface area contributed by atoms with Crippen LogP contribution in [0.5, 0.6) is 0 Å². The minimum atomic E-state index is -3.40. The number of thioether (sulfide) groups is 1. The summed E-state index contributed by atoms with van der Waals surface area (Å²) in [4.78, 5) is 13.8. The van der Waals surface area contributed by atoms with Gasteiger partial charge in [-0.25, -0.2) is 12.8 Å². The lowest BCUT2D eigenvalue weighted by atomic mass is 10.0. The van der Waals surface area contributed by atoms with Crippen molar-refractivity contribution in [3.05, 3.63) is 58.9 Å². The van der Waals surface area contributed by atoms with E-state index in [4.69, 9.17) is 0 Å². The van der Waals surface area contributed by atoms with Crippen LogP contribution in [0.2, 0.25) is 0 Å². The average molecular weight is 379 g/mol. The van der Waals surface area contributed by atoms with Crippen molar-refractivity contribution in [3.8, 4) is 0 Å². The fourth-order valence-electron chi connectivity index (χ4n) is 2.83. The molecule has 0 aromatic heterocycles.